The van der Waals surface area contributed by atoms with Gasteiger partial charge in [0.25, 0.3) is 0 Å². The van der Waals surface area contributed by atoms with Crippen LogP contribution in [0.2, 0.25) is 0 Å². The van der Waals surface area contributed by atoms with E-state index in [2.05, 4.69) is 60.9 Å². The monoisotopic (exact) mass is 214 g/mol. The van der Waals surface area contributed by atoms with Crippen LogP contribution in [-0.4, -0.2) is 0 Å². The van der Waals surface area contributed by atoms with Gasteiger partial charge in [-0.25, -0.2) is 0 Å². The number of hydrogen-bond donors (Lipinski definition) is 0. The van der Waals surface area contributed by atoms with Gasteiger partial charge in [-0.3, -0.25) is 0 Å². The zero-order valence-electron chi connectivity index (χ0n) is 8.81. The molecular formula is C14H14S. The van der Waals surface area contributed by atoms with E-state index in [1.165, 1.54) is 22.4 Å². The first-order valence-electron chi connectivity index (χ1n) is 5.19. The third-order valence-corrected chi connectivity index (χ3v) is 3.39. The Labute approximate surface area is 95.0 Å². The SMILES string of the molecule is C1=CC2=CC=CC2=C1.CCc1cccs1. The van der Waals surface area contributed by atoms with Gasteiger partial charge < -0.3 is 0 Å². The van der Waals surface area contributed by atoms with Gasteiger partial charge in [0.15, 0.2) is 0 Å². The van der Waals surface area contributed by atoms with Gasteiger partial charge in [-0.05, 0) is 29.0 Å². The molecule has 0 fully saturated rings. The van der Waals surface area contributed by atoms with Gasteiger partial charge in [0.05, 0.1) is 0 Å². The van der Waals surface area contributed by atoms with Crippen LogP contribution in [0.5, 0.6) is 0 Å². The molecule has 2 aliphatic rings. The number of aryl methyl sites for hydroxylation is 1. The third kappa shape index (κ3) is 2.57. The fourth-order valence-corrected chi connectivity index (χ4v) is 2.18. The molecule has 0 aromatic carbocycles. The molecule has 0 amide bonds. The predicted octanol–water partition coefficient (Wildman–Crippen LogP) is 4.29. The molecule has 0 unspecified atom stereocenters. The normalized spacial score (nSPS) is 15.5. The topological polar surface area (TPSA) is 0 Å². The van der Waals surface area contributed by atoms with Crippen molar-refractivity contribution in [3.8, 4) is 0 Å². The molecule has 0 bridgehead atoms. The van der Waals surface area contributed by atoms with Crippen LogP contribution >= 0.6 is 11.3 Å². The number of hydrogen-bond acceptors (Lipinski definition) is 1. The molecule has 0 aliphatic heterocycles. The lowest BCUT2D eigenvalue weighted by molar-refractivity contribution is 1.19. The van der Waals surface area contributed by atoms with Crippen molar-refractivity contribution >= 4 is 11.3 Å². The number of allylic oxidation sites excluding steroid dienone is 8. The van der Waals surface area contributed by atoms with Crippen molar-refractivity contribution in [1.82, 2.24) is 0 Å². The molecule has 0 saturated heterocycles. The Bertz CT molecular complexity index is 402. The molecule has 2 aliphatic carbocycles. The highest BCUT2D eigenvalue weighted by Gasteiger charge is 2.04. The first-order chi connectivity index (χ1) is 7.40. The molecule has 1 aromatic heterocycles. The molecule has 3 rings (SSSR count). The lowest BCUT2D eigenvalue weighted by Gasteiger charge is -1.85. The summed E-state index contributed by atoms with van der Waals surface area (Å²) >= 11 is 1.82. The van der Waals surface area contributed by atoms with Gasteiger partial charge in [-0.1, -0.05) is 49.4 Å². The van der Waals surface area contributed by atoms with Crippen molar-refractivity contribution in [2.45, 2.75) is 13.3 Å². The van der Waals surface area contributed by atoms with Gasteiger partial charge in [0.1, 0.15) is 0 Å². The molecule has 0 N–H and O–H groups in total. The summed E-state index contributed by atoms with van der Waals surface area (Å²) < 4.78 is 0. The molecule has 0 atom stereocenters. The van der Waals surface area contributed by atoms with Crippen LogP contribution in [0.15, 0.2) is 65.1 Å². The van der Waals surface area contributed by atoms with Crippen LogP contribution in [0.1, 0.15) is 11.8 Å². The highest BCUT2D eigenvalue weighted by molar-refractivity contribution is 7.09. The molecule has 0 nitrogen and oxygen atoms in total. The summed E-state index contributed by atoms with van der Waals surface area (Å²) in [6.07, 6.45) is 13.8. The molecule has 0 radical (unpaired) electrons. The largest absolute Gasteiger partial charge is 0.149 e. The average Bonchev–Trinajstić information content (AvgIpc) is 2.96. The van der Waals surface area contributed by atoms with Gasteiger partial charge in [0.2, 0.25) is 0 Å². The van der Waals surface area contributed by atoms with Gasteiger partial charge in [-0.2, -0.15) is 0 Å². The van der Waals surface area contributed by atoms with Crippen LogP contribution in [0.3, 0.4) is 0 Å². The van der Waals surface area contributed by atoms with E-state index in [1.54, 1.807) is 0 Å². The van der Waals surface area contributed by atoms with Crippen LogP contribution in [0, 0.1) is 0 Å². The fraction of sp³-hybridized carbons (Fsp3) is 0.143. The molecule has 0 spiro atoms. The average molecular weight is 214 g/mol. The van der Waals surface area contributed by atoms with Crippen LogP contribution in [0.25, 0.3) is 0 Å². The summed E-state index contributed by atoms with van der Waals surface area (Å²) in [5.41, 5.74) is 2.70. The fourth-order valence-electron chi connectivity index (χ4n) is 1.52. The predicted molar refractivity (Wildman–Crippen MR) is 68.1 cm³/mol. The summed E-state index contributed by atoms with van der Waals surface area (Å²) in [5.74, 6) is 0. The van der Waals surface area contributed by atoms with E-state index in [-0.39, 0.29) is 0 Å². The van der Waals surface area contributed by atoms with Crippen molar-refractivity contribution in [2.24, 2.45) is 0 Å². The van der Waals surface area contributed by atoms with Gasteiger partial charge in [-0.15, -0.1) is 11.3 Å². The molecular weight excluding hydrogens is 200 g/mol. The maximum atomic E-state index is 2.17. The van der Waals surface area contributed by atoms with E-state index >= 15 is 0 Å². The first-order valence-corrected chi connectivity index (χ1v) is 6.07. The second-order valence-corrected chi connectivity index (χ2v) is 4.43. The van der Waals surface area contributed by atoms with Crippen molar-refractivity contribution in [3.05, 3.63) is 70.0 Å². The second kappa shape index (κ2) is 4.94. The van der Waals surface area contributed by atoms with Crippen LogP contribution < -0.4 is 0 Å². The quantitative estimate of drug-likeness (QED) is 0.654. The number of fused-ring (bicyclic) bond motifs is 1. The summed E-state index contributed by atoms with van der Waals surface area (Å²) in [4.78, 5) is 1.47. The second-order valence-electron chi connectivity index (χ2n) is 3.40. The maximum absolute atomic E-state index is 2.17. The Kier molecular flexibility index (Phi) is 3.36. The van der Waals surface area contributed by atoms with Crippen LogP contribution in [0.4, 0.5) is 0 Å². The van der Waals surface area contributed by atoms with Crippen molar-refractivity contribution < 1.29 is 0 Å². The van der Waals surface area contributed by atoms with Crippen LogP contribution in [-0.2, 0) is 6.42 Å². The zero-order chi connectivity index (χ0) is 10.5. The number of thiophene rings is 1. The third-order valence-electron chi connectivity index (χ3n) is 2.37. The van der Waals surface area contributed by atoms with E-state index in [0.717, 1.165) is 0 Å². The summed E-state index contributed by atoms with van der Waals surface area (Å²) in [5, 5.41) is 2.11. The summed E-state index contributed by atoms with van der Waals surface area (Å²) in [7, 11) is 0. The minimum Gasteiger partial charge on any atom is -0.149 e. The zero-order valence-corrected chi connectivity index (χ0v) is 9.63. The first kappa shape index (κ1) is 10.2. The molecule has 1 aromatic rings. The van der Waals surface area contributed by atoms with E-state index < -0.39 is 0 Å². The molecule has 15 heavy (non-hydrogen) atoms. The van der Waals surface area contributed by atoms with Gasteiger partial charge >= 0.3 is 0 Å². The Morgan fingerprint density at radius 3 is 2.13 bits per heavy atom. The standard InChI is InChI=1S/C8H6.C6H8S/c1-3-7-5-2-6-8(7)4-1;1-2-6-4-3-5-7-6/h1-6H;3-5H,2H2,1H3. The van der Waals surface area contributed by atoms with Crippen molar-refractivity contribution in [3.63, 3.8) is 0 Å². The Balaban J connectivity index is 0.000000115. The maximum Gasteiger partial charge on any atom is 0.00424 e. The molecule has 76 valence electrons. The van der Waals surface area contributed by atoms with E-state index in [0.29, 0.717) is 0 Å². The van der Waals surface area contributed by atoms with Gasteiger partial charge in [0, 0.05) is 4.88 Å². The highest BCUT2D eigenvalue weighted by Crippen LogP contribution is 2.23. The Morgan fingerprint density at radius 1 is 1.07 bits per heavy atom. The Hall–Kier alpha value is -1.34. The molecule has 1 heterocycles. The Morgan fingerprint density at radius 2 is 1.73 bits per heavy atom. The van der Waals surface area contributed by atoms with Crippen molar-refractivity contribution in [1.29, 1.82) is 0 Å². The number of rotatable bonds is 1. The minimum atomic E-state index is 1.18. The van der Waals surface area contributed by atoms with E-state index in [1.807, 2.05) is 11.3 Å². The lowest BCUT2D eigenvalue weighted by Crippen LogP contribution is -1.67. The molecule has 1 heteroatoms. The van der Waals surface area contributed by atoms with E-state index in [4.69, 9.17) is 0 Å². The summed E-state index contributed by atoms with van der Waals surface area (Å²) in [6, 6.07) is 4.24. The smallest absolute Gasteiger partial charge is 0.00424 e. The van der Waals surface area contributed by atoms with E-state index in [9.17, 15) is 0 Å². The minimum absolute atomic E-state index is 1.18. The summed E-state index contributed by atoms with van der Waals surface area (Å²) in [6.45, 7) is 2.17. The lowest BCUT2D eigenvalue weighted by atomic mass is 10.2. The van der Waals surface area contributed by atoms with Crippen molar-refractivity contribution in [2.75, 3.05) is 0 Å². The molecule has 0 saturated carbocycles. The highest BCUT2D eigenvalue weighted by atomic mass is 32.1.